The first-order valence-corrected chi connectivity index (χ1v) is 6.58. The maximum absolute atomic E-state index is 10.9. The fourth-order valence-electron chi connectivity index (χ4n) is 2.40. The number of hydrogen-bond acceptors (Lipinski definition) is 5. The molecule has 19 heavy (non-hydrogen) atoms. The SMILES string of the molecule is CCN1CCN(Cc2cccc([N+](=O)[O-])c2N)CC1. The highest BCUT2D eigenvalue weighted by molar-refractivity contribution is 5.62. The number of anilines is 1. The molecular weight excluding hydrogens is 244 g/mol. The van der Waals surface area contributed by atoms with Gasteiger partial charge in [0.15, 0.2) is 0 Å². The highest BCUT2D eigenvalue weighted by atomic mass is 16.6. The van der Waals surface area contributed by atoms with Gasteiger partial charge in [-0.25, -0.2) is 0 Å². The number of nitrogens with two attached hydrogens (primary N) is 1. The van der Waals surface area contributed by atoms with E-state index in [0.717, 1.165) is 38.3 Å². The lowest BCUT2D eigenvalue weighted by atomic mass is 10.1. The number of nitrogen functional groups attached to an aromatic ring is 1. The third-order valence-electron chi connectivity index (χ3n) is 3.68. The summed E-state index contributed by atoms with van der Waals surface area (Å²) in [5, 5.41) is 10.9. The van der Waals surface area contributed by atoms with Crippen LogP contribution in [0.2, 0.25) is 0 Å². The number of nitrogens with zero attached hydrogens (tertiary/aromatic N) is 3. The van der Waals surface area contributed by atoms with Gasteiger partial charge in [0, 0.05) is 38.8 Å². The van der Waals surface area contributed by atoms with Gasteiger partial charge in [-0.1, -0.05) is 19.1 Å². The van der Waals surface area contributed by atoms with Crippen molar-refractivity contribution in [3.63, 3.8) is 0 Å². The minimum Gasteiger partial charge on any atom is -0.393 e. The van der Waals surface area contributed by atoms with Crippen molar-refractivity contribution in [3.8, 4) is 0 Å². The van der Waals surface area contributed by atoms with Crippen LogP contribution in [0.3, 0.4) is 0 Å². The Kier molecular flexibility index (Phi) is 4.34. The van der Waals surface area contributed by atoms with Crippen molar-refractivity contribution in [2.75, 3.05) is 38.5 Å². The van der Waals surface area contributed by atoms with Gasteiger partial charge >= 0.3 is 0 Å². The van der Waals surface area contributed by atoms with Gasteiger partial charge in [-0.05, 0) is 12.1 Å². The van der Waals surface area contributed by atoms with Crippen molar-refractivity contribution >= 4 is 11.4 Å². The van der Waals surface area contributed by atoms with E-state index in [2.05, 4.69) is 16.7 Å². The van der Waals surface area contributed by atoms with Crippen molar-refractivity contribution in [3.05, 3.63) is 33.9 Å². The molecule has 0 radical (unpaired) electrons. The number of piperazine rings is 1. The van der Waals surface area contributed by atoms with Gasteiger partial charge in [0.25, 0.3) is 5.69 Å². The van der Waals surface area contributed by atoms with Crippen molar-refractivity contribution in [1.29, 1.82) is 0 Å². The Morgan fingerprint density at radius 1 is 1.26 bits per heavy atom. The molecule has 6 heteroatoms. The van der Waals surface area contributed by atoms with Crippen LogP contribution < -0.4 is 5.73 Å². The van der Waals surface area contributed by atoms with E-state index < -0.39 is 4.92 Å². The van der Waals surface area contributed by atoms with E-state index in [9.17, 15) is 10.1 Å². The summed E-state index contributed by atoms with van der Waals surface area (Å²) in [6, 6.07) is 5.02. The van der Waals surface area contributed by atoms with Crippen LogP contribution in [-0.4, -0.2) is 47.4 Å². The van der Waals surface area contributed by atoms with Crippen LogP contribution >= 0.6 is 0 Å². The Morgan fingerprint density at radius 2 is 1.89 bits per heavy atom. The molecule has 104 valence electrons. The second kappa shape index (κ2) is 5.99. The van der Waals surface area contributed by atoms with Gasteiger partial charge in [-0.2, -0.15) is 0 Å². The third-order valence-corrected chi connectivity index (χ3v) is 3.68. The molecule has 0 amide bonds. The van der Waals surface area contributed by atoms with Crippen LogP contribution in [0.1, 0.15) is 12.5 Å². The number of para-hydroxylation sites is 1. The van der Waals surface area contributed by atoms with E-state index in [1.807, 2.05) is 6.07 Å². The molecule has 1 aliphatic heterocycles. The van der Waals surface area contributed by atoms with E-state index in [4.69, 9.17) is 5.73 Å². The summed E-state index contributed by atoms with van der Waals surface area (Å²) >= 11 is 0. The zero-order valence-corrected chi connectivity index (χ0v) is 11.2. The monoisotopic (exact) mass is 264 g/mol. The molecule has 1 heterocycles. The van der Waals surface area contributed by atoms with Crippen LogP contribution in [0.25, 0.3) is 0 Å². The second-order valence-corrected chi connectivity index (χ2v) is 4.82. The van der Waals surface area contributed by atoms with Gasteiger partial charge in [-0.15, -0.1) is 0 Å². The van der Waals surface area contributed by atoms with Crippen molar-refractivity contribution < 1.29 is 4.92 Å². The molecule has 6 nitrogen and oxygen atoms in total. The van der Waals surface area contributed by atoms with Gasteiger partial charge in [0.05, 0.1) is 4.92 Å². The van der Waals surface area contributed by atoms with Crippen LogP contribution in [0.5, 0.6) is 0 Å². The Labute approximate surface area is 112 Å². The minimum absolute atomic E-state index is 0.00435. The van der Waals surface area contributed by atoms with E-state index in [1.165, 1.54) is 6.07 Å². The summed E-state index contributed by atoms with van der Waals surface area (Å²) in [5.41, 5.74) is 7.02. The molecule has 0 aliphatic carbocycles. The quantitative estimate of drug-likeness (QED) is 0.504. The summed E-state index contributed by atoms with van der Waals surface area (Å²) < 4.78 is 0. The fourth-order valence-corrected chi connectivity index (χ4v) is 2.40. The molecule has 1 fully saturated rings. The van der Waals surface area contributed by atoms with Gasteiger partial charge < -0.3 is 10.6 Å². The van der Waals surface area contributed by atoms with Crippen LogP contribution in [0.4, 0.5) is 11.4 Å². The van der Waals surface area contributed by atoms with Crippen molar-refractivity contribution in [2.24, 2.45) is 0 Å². The van der Waals surface area contributed by atoms with E-state index in [1.54, 1.807) is 6.07 Å². The Balaban J connectivity index is 2.04. The van der Waals surface area contributed by atoms with Crippen LogP contribution in [0, 0.1) is 10.1 Å². The zero-order chi connectivity index (χ0) is 13.8. The summed E-state index contributed by atoms with van der Waals surface area (Å²) in [6.07, 6.45) is 0. The molecule has 1 aliphatic rings. The summed E-state index contributed by atoms with van der Waals surface area (Å²) in [7, 11) is 0. The number of nitro groups is 1. The number of hydrogen-bond donors (Lipinski definition) is 1. The molecule has 0 spiro atoms. The molecule has 1 saturated heterocycles. The molecule has 0 atom stereocenters. The highest BCUT2D eigenvalue weighted by Crippen LogP contribution is 2.26. The van der Waals surface area contributed by atoms with Crippen LogP contribution in [-0.2, 0) is 6.54 Å². The first-order chi connectivity index (χ1) is 9.11. The predicted molar refractivity (Wildman–Crippen MR) is 74.9 cm³/mol. The molecule has 0 unspecified atom stereocenters. The zero-order valence-electron chi connectivity index (χ0n) is 11.2. The smallest absolute Gasteiger partial charge is 0.292 e. The lowest BCUT2D eigenvalue weighted by molar-refractivity contribution is -0.384. The molecule has 0 bridgehead atoms. The molecular formula is C13H20N4O2. The van der Waals surface area contributed by atoms with E-state index in [0.29, 0.717) is 12.2 Å². The molecule has 1 aromatic rings. The molecule has 0 aromatic heterocycles. The number of likely N-dealkylation sites (N-methyl/N-ethyl adjacent to an activating group) is 1. The molecule has 2 rings (SSSR count). The fraction of sp³-hybridized carbons (Fsp3) is 0.538. The predicted octanol–water partition coefficient (Wildman–Crippen LogP) is 1.31. The average molecular weight is 264 g/mol. The van der Waals surface area contributed by atoms with Gasteiger partial charge in [-0.3, -0.25) is 15.0 Å². The second-order valence-electron chi connectivity index (χ2n) is 4.82. The summed E-state index contributed by atoms with van der Waals surface area (Å²) in [6.45, 7) is 7.98. The van der Waals surface area contributed by atoms with Crippen molar-refractivity contribution in [1.82, 2.24) is 9.80 Å². The normalized spacial score (nSPS) is 17.5. The number of nitro benzene ring substituents is 1. The van der Waals surface area contributed by atoms with E-state index >= 15 is 0 Å². The van der Waals surface area contributed by atoms with Gasteiger partial charge in [0.2, 0.25) is 0 Å². The van der Waals surface area contributed by atoms with Gasteiger partial charge in [0.1, 0.15) is 5.69 Å². The van der Waals surface area contributed by atoms with Crippen LogP contribution in [0.15, 0.2) is 18.2 Å². The highest BCUT2D eigenvalue weighted by Gasteiger charge is 2.19. The Bertz CT molecular complexity index is 456. The Morgan fingerprint density at radius 3 is 2.47 bits per heavy atom. The lowest BCUT2D eigenvalue weighted by Gasteiger charge is -2.34. The average Bonchev–Trinajstić information content (AvgIpc) is 2.41. The number of benzene rings is 1. The molecule has 0 saturated carbocycles. The maximum Gasteiger partial charge on any atom is 0.292 e. The molecule has 2 N–H and O–H groups in total. The summed E-state index contributed by atoms with van der Waals surface area (Å²) in [4.78, 5) is 15.1. The number of rotatable bonds is 4. The largest absolute Gasteiger partial charge is 0.393 e. The third kappa shape index (κ3) is 3.21. The standard InChI is InChI=1S/C13H20N4O2/c1-2-15-6-8-16(9-7-15)10-11-4-3-5-12(13(11)14)17(18)19/h3-5H,2,6-10,14H2,1H3. The van der Waals surface area contributed by atoms with Crippen molar-refractivity contribution in [2.45, 2.75) is 13.5 Å². The molecule has 1 aromatic carbocycles. The summed E-state index contributed by atoms with van der Waals surface area (Å²) in [5.74, 6) is 0. The lowest BCUT2D eigenvalue weighted by Crippen LogP contribution is -2.45. The minimum atomic E-state index is -0.423. The topological polar surface area (TPSA) is 75.6 Å². The van der Waals surface area contributed by atoms with E-state index in [-0.39, 0.29) is 5.69 Å². The first-order valence-electron chi connectivity index (χ1n) is 6.58. The Hall–Kier alpha value is -1.66. The first kappa shape index (κ1) is 13.8. The maximum atomic E-state index is 10.9.